The van der Waals surface area contributed by atoms with Crippen molar-refractivity contribution in [3.63, 3.8) is 0 Å². The monoisotopic (exact) mass is 159 g/mol. The number of rotatable bonds is 2. The fourth-order valence-corrected chi connectivity index (χ4v) is 1.11. The lowest BCUT2D eigenvalue weighted by Crippen LogP contribution is -2.27. The lowest BCUT2D eigenvalue weighted by atomic mass is 10.1. The maximum Gasteiger partial charge on any atom is 0.404 e. The van der Waals surface area contributed by atoms with Gasteiger partial charge in [-0.2, -0.15) is 0 Å². The van der Waals surface area contributed by atoms with E-state index in [1.165, 1.54) is 0 Å². The summed E-state index contributed by atoms with van der Waals surface area (Å²) in [6, 6.07) is 0. The van der Waals surface area contributed by atoms with Gasteiger partial charge in [0.05, 0.1) is 6.10 Å². The Morgan fingerprint density at radius 1 is 1.64 bits per heavy atom. The van der Waals surface area contributed by atoms with E-state index in [0.29, 0.717) is 6.61 Å². The molecule has 4 nitrogen and oxygen atoms in total. The number of nitrogens with two attached hydrogens (primary N) is 1. The molecule has 1 heterocycles. The Kier molecular flexibility index (Phi) is 3.16. The summed E-state index contributed by atoms with van der Waals surface area (Å²) in [4.78, 5) is 10.2. The van der Waals surface area contributed by atoms with Crippen molar-refractivity contribution in [3.05, 3.63) is 0 Å². The van der Waals surface area contributed by atoms with E-state index in [1.54, 1.807) is 0 Å². The van der Waals surface area contributed by atoms with Gasteiger partial charge in [0.15, 0.2) is 0 Å². The molecule has 0 aromatic heterocycles. The van der Waals surface area contributed by atoms with Gasteiger partial charge in [-0.05, 0) is 19.3 Å². The highest BCUT2D eigenvalue weighted by molar-refractivity contribution is 5.64. The van der Waals surface area contributed by atoms with Crippen LogP contribution in [0.4, 0.5) is 4.79 Å². The zero-order valence-corrected chi connectivity index (χ0v) is 6.41. The fraction of sp³-hybridized carbons (Fsp3) is 0.857. The van der Waals surface area contributed by atoms with E-state index in [0.717, 1.165) is 25.9 Å². The number of carbonyl (C=O) groups excluding carboxylic acids is 1. The Hall–Kier alpha value is -0.770. The smallest absolute Gasteiger partial charge is 0.404 e. The zero-order valence-electron chi connectivity index (χ0n) is 6.41. The molecule has 0 spiro atoms. The summed E-state index contributed by atoms with van der Waals surface area (Å²) in [6.07, 6.45) is 2.56. The van der Waals surface area contributed by atoms with Crippen LogP contribution < -0.4 is 5.73 Å². The Morgan fingerprint density at radius 3 is 3.00 bits per heavy atom. The van der Waals surface area contributed by atoms with Crippen molar-refractivity contribution < 1.29 is 14.3 Å². The lowest BCUT2D eigenvalue weighted by molar-refractivity contribution is -0.0209. The van der Waals surface area contributed by atoms with Gasteiger partial charge in [0.2, 0.25) is 0 Å². The molecule has 1 saturated heterocycles. The number of primary amides is 1. The predicted molar refractivity (Wildman–Crippen MR) is 39.1 cm³/mol. The SMILES string of the molecule is NC(=O)OCC1CCCCO1. The molecule has 0 aromatic carbocycles. The molecule has 1 aliphatic rings. The van der Waals surface area contributed by atoms with E-state index in [-0.39, 0.29) is 6.10 Å². The highest BCUT2D eigenvalue weighted by Crippen LogP contribution is 2.12. The highest BCUT2D eigenvalue weighted by atomic mass is 16.6. The van der Waals surface area contributed by atoms with E-state index in [4.69, 9.17) is 10.5 Å². The number of hydrogen-bond acceptors (Lipinski definition) is 3. The standard InChI is InChI=1S/C7H13NO3/c8-7(9)11-5-6-3-1-2-4-10-6/h6H,1-5H2,(H2,8,9). The summed E-state index contributed by atoms with van der Waals surface area (Å²) >= 11 is 0. The molecule has 0 saturated carbocycles. The molecule has 0 aliphatic carbocycles. The van der Waals surface area contributed by atoms with Crippen molar-refractivity contribution in [2.75, 3.05) is 13.2 Å². The van der Waals surface area contributed by atoms with Crippen molar-refractivity contribution in [3.8, 4) is 0 Å². The molecule has 11 heavy (non-hydrogen) atoms. The van der Waals surface area contributed by atoms with Crippen LogP contribution >= 0.6 is 0 Å². The normalized spacial score (nSPS) is 24.5. The lowest BCUT2D eigenvalue weighted by Gasteiger charge is -2.21. The molecular formula is C7H13NO3. The fourth-order valence-electron chi connectivity index (χ4n) is 1.11. The Labute approximate surface area is 65.7 Å². The van der Waals surface area contributed by atoms with Gasteiger partial charge in [-0.3, -0.25) is 0 Å². The van der Waals surface area contributed by atoms with E-state index in [2.05, 4.69) is 4.74 Å². The third kappa shape index (κ3) is 3.23. The van der Waals surface area contributed by atoms with E-state index >= 15 is 0 Å². The second kappa shape index (κ2) is 4.18. The van der Waals surface area contributed by atoms with Crippen LogP contribution in [0.15, 0.2) is 0 Å². The largest absolute Gasteiger partial charge is 0.447 e. The minimum atomic E-state index is -0.723. The zero-order chi connectivity index (χ0) is 8.10. The minimum Gasteiger partial charge on any atom is -0.447 e. The van der Waals surface area contributed by atoms with Crippen molar-refractivity contribution in [1.82, 2.24) is 0 Å². The van der Waals surface area contributed by atoms with Crippen molar-refractivity contribution in [2.24, 2.45) is 5.73 Å². The Balaban J connectivity index is 2.09. The first-order valence-corrected chi connectivity index (χ1v) is 3.83. The van der Waals surface area contributed by atoms with Crippen LogP contribution in [0.1, 0.15) is 19.3 Å². The Bertz CT molecular complexity index is 132. The van der Waals surface area contributed by atoms with Gasteiger partial charge in [0.25, 0.3) is 0 Å². The van der Waals surface area contributed by atoms with E-state index in [9.17, 15) is 4.79 Å². The molecule has 2 N–H and O–H groups in total. The maximum absolute atomic E-state index is 10.2. The van der Waals surface area contributed by atoms with Gasteiger partial charge in [0, 0.05) is 6.61 Å². The number of ether oxygens (including phenoxy) is 2. The van der Waals surface area contributed by atoms with Crippen LogP contribution in [-0.2, 0) is 9.47 Å². The molecule has 0 bridgehead atoms. The summed E-state index contributed by atoms with van der Waals surface area (Å²) in [5, 5.41) is 0. The van der Waals surface area contributed by atoms with Gasteiger partial charge in [-0.1, -0.05) is 0 Å². The molecule has 1 rings (SSSR count). The third-order valence-electron chi connectivity index (χ3n) is 1.69. The first kappa shape index (κ1) is 8.33. The van der Waals surface area contributed by atoms with Crippen LogP contribution in [0.5, 0.6) is 0 Å². The van der Waals surface area contributed by atoms with Crippen LogP contribution in [0, 0.1) is 0 Å². The van der Waals surface area contributed by atoms with Crippen molar-refractivity contribution >= 4 is 6.09 Å². The number of hydrogen-bond donors (Lipinski definition) is 1. The minimum absolute atomic E-state index is 0.0660. The summed E-state index contributed by atoms with van der Waals surface area (Å²) < 4.78 is 9.89. The average molecular weight is 159 g/mol. The molecule has 1 amide bonds. The van der Waals surface area contributed by atoms with Gasteiger partial charge < -0.3 is 15.2 Å². The molecule has 64 valence electrons. The highest BCUT2D eigenvalue weighted by Gasteiger charge is 2.14. The van der Waals surface area contributed by atoms with Gasteiger partial charge in [0.1, 0.15) is 6.61 Å². The summed E-state index contributed by atoms with van der Waals surface area (Å²) in [6.45, 7) is 1.07. The number of amides is 1. The maximum atomic E-state index is 10.2. The molecule has 4 heteroatoms. The van der Waals surface area contributed by atoms with Crippen LogP contribution in [0.2, 0.25) is 0 Å². The van der Waals surface area contributed by atoms with Crippen molar-refractivity contribution in [2.45, 2.75) is 25.4 Å². The second-order valence-electron chi connectivity index (χ2n) is 2.62. The summed E-state index contributed by atoms with van der Waals surface area (Å²) in [5.74, 6) is 0. The van der Waals surface area contributed by atoms with Gasteiger partial charge in [-0.25, -0.2) is 4.79 Å². The first-order chi connectivity index (χ1) is 5.29. The Morgan fingerprint density at radius 2 is 2.45 bits per heavy atom. The molecule has 1 atom stereocenters. The van der Waals surface area contributed by atoms with Crippen LogP contribution in [-0.4, -0.2) is 25.4 Å². The van der Waals surface area contributed by atoms with E-state index in [1.807, 2.05) is 0 Å². The van der Waals surface area contributed by atoms with Crippen LogP contribution in [0.25, 0.3) is 0 Å². The van der Waals surface area contributed by atoms with Gasteiger partial charge >= 0.3 is 6.09 Å². The summed E-state index contributed by atoms with van der Waals surface area (Å²) in [5.41, 5.74) is 4.79. The molecule has 0 aromatic rings. The molecule has 1 aliphatic heterocycles. The van der Waals surface area contributed by atoms with Crippen molar-refractivity contribution in [1.29, 1.82) is 0 Å². The first-order valence-electron chi connectivity index (χ1n) is 3.83. The molecule has 0 radical (unpaired) electrons. The average Bonchev–Trinajstić information content (AvgIpc) is 2.03. The third-order valence-corrected chi connectivity index (χ3v) is 1.69. The summed E-state index contributed by atoms with van der Waals surface area (Å²) in [7, 11) is 0. The molecular weight excluding hydrogens is 146 g/mol. The number of carbonyl (C=O) groups is 1. The van der Waals surface area contributed by atoms with E-state index < -0.39 is 6.09 Å². The topological polar surface area (TPSA) is 61.6 Å². The predicted octanol–water partition coefficient (Wildman–Crippen LogP) is 0.651. The second-order valence-corrected chi connectivity index (χ2v) is 2.62. The molecule has 1 unspecified atom stereocenters. The quantitative estimate of drug-likeness (QED) is 0.643. The van der Waals surface area contributed by atoms with Gasteiger partial charge in [-0.15, -0.1) is 0 Å². The van der Waals surface area contributed by atoms with Crippen LogP contribution in [0.3, 0.4) is 0 Å². The molecule has 1 fully saturated rings.